The number of halogens is 3. The lowest BCUT2D eigenvalue weighted by atomic mass is 10.0. The first-order valence-corrected chi connectivity index (χ1v) is 11.2. The zero-order chi connectivity index (χ0) is 23.9. The number of hydrogen-bond donors (Lipinski definition) is 1. The minimum Gasteiger partial charge on any atom is -0.406 e. The van der Waals surface area contributed by atoms with Crippen molar-refractivity contribution in [3.8, 4) is 11.4 Å². The summed E-state index contributed by atoms with van der Waals surface area (Å²) >= 11 is 0. The molecule has 2 aromatic rings. The van der Waals surface area contributed by atoms with Gasteiger partial charge in [0.15, 0.2) is 0 Å². The zero-order valence-corrected chi connectivity index (χ0v) is 19.0. The van der Waals surface area contributed by atoms with Gasteiger partial charge in [0.1, 0.15) is 5.75 Å². The number of aliphatic hydroxyl groups is 1. The molecule has 0 unspecified atom stereocenters. The maximum absolute atomic E-state index is 13.3. The number of ether oxygens (including phenoxy) is 1. The molecule has 7 nitrogen and oxygen atoms in total. The molecule has 0 saturated carbocycles. The number of carbonyl (C=O) groups is 1. The Morgan fingerprint density at radius 2 is 1.88 bits per heavy atom. The molecule has 0 aliphatic carbocycles. The molecule has 33 heavy (non-hydrogen) atoms. The number of nitrogens with zero attached hydrogens (tertiary/aromatic N) is 4. The molecule has 3 heterocycles. The maximum atomic E-state index is 13.3. The van der Waals surface area contributed by atoms with E-state index in [1.807, 2.05) is 4.90 Å². The van der Waals surface area contributed by atoms with Crippen LogP contribution in [0, 0.1) is 19.8 Å². The average molecular weight is 467 g/mol. The molecule has 1 aromatic carbocycles. The summed E-state index contributed by atoms with van der Waals surface area (Å²) in [5, 5.41) is 14.5. The number of aliphatic hydroxyl groups excluding tert-OH is 1. The van der Waals surface area contributed by atoms with E-state index in [1.54, 1.807) is 19.9 Å². The summed E-state index contributed by atoms with van der Waals surface area (Å²) in [6, 6.07) is 5.90. The SMILES string of the molecule is Cc1nn(-c2cccc(OC(F)(F)F)c2)c(C)c1C(=O)N1CCC(N2C[C@H](C)[C@@H](O)C2)CC1. The molecular weight excluding hydrogens is 437 g/mol. The van der Waals surface area contributed by atoms with Gasteiger partial charge in [0.2, 0.25) is 0 Å². The zero-order valence-electron chi connectivity index (χ0n) is 19.0. The molecular formula is C23H29F3N4O3. The molecule has 2 atom stereocenters. The average Bonchev–Trinajstić information content (AvgIpc) is 3.24. The van der Waals surface area contributed by atoms with E-state index in [0.29, 0.717) is 48.3 Å². The van der Waals surface area contributed by atoms with Crippen molar-refractivity contribution in [1.82, 2.24) is 19.6 Å². The Morgan fingerprint density at radius 3 is 2.48 bits per heavy atom. The fourth-order valence-corrected chi connectivity index (χ4v) is 4.89. The molecule has 2 aliphatic rings. The van der Waals surface area contributed by atoms with Crippen LogP contribution < -0.4 is 4.74 Å². The van der Waals surface area contributed by atoms with Gasteiger partial charge in [0.25, 0.3) is 5.91 Å². The van der Waals surface area contributed by atoms with Crippen LogP contribution in [0.25, 0.3) is 5.69 Å². The Labute approximate surface area is 190 Å². The van der Waals surface area contributed by atoms with Crippen LogP contribution in [0.3, 0.4) is 0 Å². The van der Waals surface area contributed by atoms with Crippen molar-refractivity contribution in [2.45, 2.75) is 52.1 Å². The van der Waals surface area contributed by atoms with Gasteiger partial charge in [-0.05, 0) is 44.7 Å². The monoisotopic (exact) mass is 466 g/mol. The van der Waals surface area contributed by atoms with E-state index in [9.17, 15) is 23.1 Å². The number of likely N-dealkylation sites (tertiary alicyclic amines) is 2. The number of aryl methyl sites for hydroxylation is 1. The minimum absolute atomic E-state index is 0.118. The van der Waals surface area contributed by atoms with Crippen LogP contribution in [0.15, 0.2) is 24.3 Å². The van der Waals surface area contributed by atoms with Gasteiger partial charge in [-0.25, -0.2) is 4.68 Å². The molecule has 10 heteroatoms. The number of aromatic nitrogens is 2. The number of benzene rings is 1. The van der Waals surface area contributed by atoms with E-state index >= 15 is 0 Å². The number of carbonyl (C=O) groups excluding carboxylic acids is 1. The number of amides is 1. The normalized spacial score (nSPS) is 22.7. The third kappa shape index (κ3) is 5.01. The largest absolute Gasteiger partial charge is 0.573 e. The molecule has 2 saturated heterocycles. The van der Waals surface area contributed by atoms with Gasteiger partial charge >= 0.3 is 6.36 Å². The Morgan fingerprint density at radius 1 is 1.18 bits per heavy atom. The van der Waals surface area contributed by atoms with E-state index in [1.165, 1.54) is 22.9 Å². The second kappa shape index (κ2) is 8.98. The molecule has 2 fully saturated rings. The first-order chi connectivity index (χ1) is 15.5. The van der Waals surface area contributed by atoms with E-state index < -0.39 is 6.36 Å². The first-order valence-electron chi connectivity index (χ1n) is 11.2. The van der Waals surface area contributed by atoms with E-state index in [2.05, 4.69) is 21.7 Å². The molecule has 0 radical (unpaired) electrons. The smallest absolute Gasteiger partial charge is 0.406 e. The number of β-amino-alcohol motifs (C(OH)–C–C–N with tert-alkyl or cyclic N) is 1. The fraction of sp³-hybridized carbons (Fsp3) is 0.565. The lowest BCUT2D eigenvalue weighted by molar-refractivity contribution is -0.274. The number of piperidine rings is 1. The number of alkyl halides is 3. The highest BCUT2D eigenvalue weighted by Crippen LogP contribution is 2.28. The van der Waals surface area contributed by atoms with Gasteiger partial charge in [-0.1, -0.05) is 13.0 Å². The summed E-state index contributed by atoms with van der Waals surface area (Å²) in [6.07, 6.45) is -3.39. The van der Waals surface area contributed by atoms with Gasteiger partial charge in [-0.3, -0.25) is 9.69 Å². The van der Waals surface area contributed by atoms with Crippen LogP contribution >= 0.6 is 0 Å². The van der Waals surface area contributed by atoms with Crippen molar-refractivity contribution in [3.05, 3.63) is 41.2 Å². The fourth-order valence-electron chi connectivity index (χ4n) is 4.89. The maximum Gasteiger partial charge on any atom is 0.573 e. The summed E-state index contributed by atoms with van der Waals surface area (Å²) in [6.45, 7) is 8.31. The van der Waals surface area contributed by atoms with Crippen molar-refractivity contribution < 1.29 is 27.8 Å². The predicted octanol–water partition coefficient (Wildman–Crippen LogP) is 3.30. The molecule has 180 valence electrons. The van der Waals surface area contributed by atoms with Crippen molar-refractivity contribution in [1.29, 1.82) is 0 Å². The second-order valence-corrected chi connectivity index (χ2v) is 9.02. The van der Waals surface area contributed by atoms with Crippen LogP contribution in [0.4, 0.5) is 13.2 Å². The molecule has 1 N–H and O–H groups in total. The van der Waals surface area contributed by atoms with Crippen LogP contribution in [0.2, 0.25) is 0 Å². The van der Waals surface area contributed by atoms with E-state index in [0.717, 1.165) is 19.4 Å². The third-order valence-electron chi connectivity index (χ3n) is 6.67. The summed E-state index contributed by atoms with van der Waals surface area (Å²) in [5.74, 6) is -0.197. The molecule has 2 aliphatic heterocycles. The van der Waals surface area contributed by atoms with Gasteiger partial charge in [-0.15, -0.1) is 13.2 Å². The highest BCUT2D eigenvalue weighted by Gasteiger charge is 2.36. The van der Waals surface area contributed by atoms with E-state index in [-0.39, 0.29) is 23.7 Å². The number of rotatable bonds is 4. The summed E-state index contributed by atoms with van der Waals surface area (Å²) in [7, 11) is 0. The molecule has 1 amide bonds. The molecule has 0 bridgehead atoms. The van der Waals surface area contributed by atoms with Gasteiger partial charge in [0.05, 0.1) is 28.7 Å². The topological polar surface area (TPSA) is 70.8 Å². The van der Waals surface area contributed by atoms with Gasteiger partial charge in [0, 0.05) is 38.3 Å². The Balaban J connectivity index is 1.47. The van der Waals surface area contributed by atoms with Crippen LogP contribution in [0.5, 0.6) is 5.75 Å². The predicted molar refractivity (Wildman–Crippen MR) is 115 cm³/mol. The van der Waals surface area contributed by atoms with Crippen LogP contribution in [-0.2, 0) is 0 Å². The van der Waals surface area contributed by atoms with Gasteiger partial charge < -0.3 is 14.7 Å². The Bertz CT molecular complexity index is 1000. The van der Waals surface area contributed by atoms with Crippen LogP contribution in [-0.4, -0.2) is 75.3 Å². The van der Waals surface area contributed by atoms with Crippen molar-refractivity contribution >= 4 is 5.91 Å². The van der Waals surface area contributed by atoms with Gasteiger partial charge in [-0.2, -0.15) is 5.10 Å². The summed E-state index contributed by atoms with van der Waals surface area (Å²) in [4.78, 5) is 17.5. The third-order valence-corrected chi connectivity index (χ3v) is 6.67. The van der Waals surface area contributed by atoms with Crippen molar-refractivity contribution in [2.75, 3.05) is 26.2 Å². The standard InChI is InChI=1S/C23H29F3N4O3/c1-14-12-29(13-20(14)31)17-7-9-28(10-8-17)22(32)21-15(2)27-30(16(21)3)18-5-4-6-19(11-18)33-23(24,25)26/h4-6,11,14,17,20,31H,7-10,12-13H2,1-3H3/t14-,20-/m0/s1. The summed E-state index contributed by atoms with van der Waals surface area (Å²) in [5.41, 5.74) is 1.95. The highest BCUT2D eigenvalue weighted by molar-refractivity contribution is 5.96. The number of hydrogen-bond acceptors (Lipinski definition) is 5. The summed E-state index contributed by atoms with van der Waals surface area (Å²) < 4.78 is 43.3. The molecule has 4 rings (SSSR count). The Hall–Kier alpha value is -2.59. The van der Waals surface area contributed by atoms with Crippen LogP contribution in [0.1, 0.15) is 41.5 Å². The highest BCUT2D eigenvalue weighted by atomic mass is 19.4. The lowest BCUT2D eigenvalue weighted by Crippen LogP contribution is -2.46. The molecule has 1 aromatic heterocycles. The Kier molecular flexibility index (Phi) is 6.41. The quantitative estimate of drug-likeness (QED) is 0.749. The minimum atomic E-state index is -4.79. The van der Waals surface area contributed by atoms with Crippen molar-refractivity contribution in [2.24, 2.45) is 5.92 Å². The van der Waals surface area contributed by atoms with E-state index in [4.69, 9.17) is 0 Å². The van der Waals surface area contributed by atoms with Crippen molar-refractivity contribution in [3.63, 3.8) is 0 Å². The second-order valence-electron chi connectivity index (χ2n) is 9.02. The lowest BCUT2D eigenvalue weighted by Gasteiger charge is -2.36. The first kappa shape index (κ1) is 23.6. The molecule has 0 spiro atoms.